The molecule has 132 valence electrons. The first-order chi connectivity index (χ1) is 12.3. The maximum atomic E-state index is 12.8. The summed E-state index contributed by atoms with van der Waals surface area (Å²) in [6.45, 7) is 2.99. The zero-order valence-electron chi connectivity index (χ0n) is 14.1. The number of halogens is 1. The van der Waals surface area contributed by atoms with Crippen molar-refractivity contribution in [2.75, 3.05) is 10.2 Å². The minimum absolute atomic E-state index is 0.207. The maximum Gasteiger partial charge on any atom is 0.300 e. The lowest BCUT2D eigenvalue weighted by Gasteiger charge is -2.23. The van der Waals surface area contributed by atoms with Crippen LogP contribution in [-0.2, 0) is 9.59 Å². The monoisotopic (exact) mass is 414 g/mol. The molecule has 2 aromatic carbocycles. The second kappa shape index (κ2) is 6.84. The summed E-state index contributed by atoms with van der Waals surface area (Å²) in [5.41, 5.74) is 1.67. The van der Waals surface area contributed by atoms with Crippen LogP contribution in [0.25, 0.3) is 0 Å². The standard InChI is InChI=1S/C19H15BrN2O4/c1-10(17(24)12-3-6-14(7-4-12)21-11(2)23)22-16-8-5-13(20)9-15(16)18(25)19(22)26/h3-10H,1-2H3,(H,21,23). The van der Waals surface area contributed by atoms with E-state index in [1.54, 1.807) is 49.4 Å². The van der Waals surface area contributed by atoms with Crippen LogP contribution in [0, 0.1) is 0 Å². The van der Waals surface area contributed by atoms with Crippen molar-refractivity contribution in [3.05, 3.63) is 58.1 Å². The van der Waals surface area contributed by atoms with Crippen LogP contribution >= 0.6 is 15.9 Å². The number of Topliss-reactive ketones (excluding diaryl/α,β-unsaturated/α-hetero) is 2. The van der Waals surface area contributed by atoms with Gasteiger partial charge in [0, 0.05) is 22.6 Å². The molecule has 0 radical (unpaired) electrons. The zero-order chi connectivity index (χ0) is 19.0. The average molecular weight is 415 g/mol. The van der Waals surface area contributed by atoms with Gasteiger partial charge in [-0.05, 0) is 49.4 Å². The molecule has 1 aliphatic heterocycles. The lowest BCUT2D eigenvalue weighted by atomic mass is 10.0. The van der Waals surface area contributed by atoms with Crippen molar-refractivity contribution in [2.45, 2.75) is 19.9 Å². The van der Waals surface area contributed by atoms with Crippen molar-refractivity contribution in [3.8, 4) is 0 Å². The van der Waals surface area contributed by atoms with Crippen LogP contribution in [0.15, 0.2) is 46.9 Å². The highest BCUT2D eigenvalue weighted by atomic mass is 79.9. The largest absolute Gasteiger partial charge is 0.326 e. The minimum Gasteiger partial charge on any atom is -0.326 e. The van der Waals surface area contributed by atoms with E-state index < -0.39 is 17.7 Å². The maximum absolute atomic E-state index is 12.8. The van der Waals surface area contributed by atoms with E-state index in [9.17, 15) is 19.2 Å². The Balaban J connectivity index is 1.88. The fraction of sp³-hybridized carbons (Fsp3) is 0.158. The van der Waals surface area contributed by atoms with E-state index in [1.807, 2.05) is 0 Å². The summed E-state index contributed by atoms with van der Waals surface area (Å²) in [7, 11) is 0. The number of nitrogens with one attached hydrogen (secondary N) is 1. The smallest absolute Gasteiger partial charge is 0.300 e. The summed E-state index contributed by atoms with van der Waals surface area (Å²) >= 11 is 3.28. The summed E-state index contributed by atoms with van der Waals surface area (Å²) in [4.78, 5) is 49.7. The molecule has 1 atom stereocenters. The zero-order valence-corrected chi connectivity index (χ0v) is 15.7. The first-order valence-corrected chi connectivity index (χ1v) is 8.68. The summed E-state index contributed by atoms with van der Waals surface area (Å²) < 4.78 is 0.687. The van der Waals surface area contributed by atoms with Gasteiger partial charge in [0.25, 0.3) is 11.7 Å². The van der Waals surface area contributed by atoms with Gasteiger partial charge in [-0.3, -0.25) is 24.1 Å². The van der Waals surface area contributed by atoms with E-state index in [0.717, 1.165) is 0 Å². The van der Waals surface area contributed by atoms with Crippen molar-refractivity contribution in [1.29, 1.82) is 0 Å². The number of carbonyl (C=O) groups excluding carboxylic acids is 4. The second-order valence-corrected chi connectivity index (χ2v) is 6.88. The van der Waals surface area contributed by atoms with Gasteiger partial charge < -0.3 is 5.32 Å². The Hall–Kier alpha value is -2.80. The number of hydrogen-bond donors (Lipinski definition) is 1. The van der Waals surface area contributed by atoms with Crippen molar-refractivity contribution in [2.24, 2.45) is 0 Å². The molecule has 0 aromatic heterocycles. The minimum atomic E-state index is -0.833. The van der Waals surface area contributed by atoms with Crippen LogP contribution in [0.5, 0.6) is 0 Å². The molecule has 1 N–H and O–H groups in total. The Morgan fingerprint density at radius 3 is 2.35 bits per heavy atom. The number of fused-ring (bicyclic) bond motifs is 1. The molecular weight excluding hydrogens is 400 g/mol. The molecule has 6 nitrogen and oxygen atoms in total. The van der Waals surface area contributed by atoms with Crippen LogP contribution < -0.4 is 10.2 Å². The Morgan fingerprint density at radius 1 is 1.08 bits per heavy atom. The molecule has 0 saturated carbocycles. The van der Waals surface area contributed by atoms with Crippen LogP contribution in [0.2, 0.25) is 0 Å². The van der Waals surface area contributed by atoms with E-state index in [4.69, 9.17) is 0 Å². The van der Waals surface area contributed by atoms with Gasteiger partial charge in [0.2, 0.25) is 5.91 Å². The number of benzene rings is 2. The van der Waals surface area contributed by atoms with Crippen molar-refractivity contribution < 1.29 is 19.2 Å². The van der Waals surface area contributed by atoms with Gasteiger partial charge >= 0.3 is 0 Å². The van der Waals surface area contributed by atoms with Crippen molar-refractivity contribution in [3.63, 3.8) is 0 Å². The molecule has 0 spiro atoms. The molecule has 3 rings (SSSR count). The highest BCUT2D eigenvalue weighted by Crippen LogP contribution is 2.33. The van der Waals surface area contributed by atoms with E-state index >= 15 is 0 Å². The predicted molar refractivity (Wildman–Crippen MR) is 100 cm³/mol. The molecule has 1 unspecified atom stereocenters. The lowest BCUT2D eigenvalue weighted by molar-refractivity contribution is -0.115. The van der Waals surface area contributed by atoms with Crippen LogP contribution in [0.1, 0.15) is 34.6 Å². The van der Waals surface area contributed by atoms with Gasteiger partial charge in [0.1, 0.15) is 0 Å². The summed E-state index contributed by atoms with van der Waals surface area (Å²) in [5.74, 6) is -1.84. The van der Waals surface area contributed by atoms with E-state index in [0.29, 0.717) is 21.4 Å². The summed E-state index contributed by atoms with van der Waals surface area (Å²) in [6, 6.07) is 10.5. The first-order valence-electron chi connectivity index (χ1n) is 7.89. The van der Waals surface area contributed by atoms with Crippen molar-refractivity contribution >= 4 is 50.7 Å². The number of amides is 2. The highest BCUT2D eigenvalue weighted by Gasteiger charge is 2.40. The van der Waals surface area contributed by atoms with E-state index in [1.165, 1.54) is 11.8 Å². The van der Waals surface area contributed by atoms with Gasteiger partial charge in [-0.2, -0.15) is 0 Å². The Labute approximate surface area is 158 Å². The molecule has 26 heavy (non-hydrogen) atoms. The normalized spacial score (nSPS) is 14.2. The number of carbonyl (C=O) groups is 4. The number of rotatable bonds is 4. The lowest BCUT2D eigenvalue weighted by Crippen LogP contribution is -2.42. The van der Waals surface area contributed by atoms with Gasteiger partial charge in [-0.1, -0.05) is 15.9 Å². The van der Waals surface area contributed by atoms with E-state index in [-0.39, 0.29) is 17.3 Å². The molecule has 0 saturated heterocycles. The first kappa shape index (κ1) is 18.0. The molecule has 1 heterocycles. The van der Waals surface area contributed by atoms with Crippen LogP contribution in [0.4, 0.5) is 11.4 Å². The second-order valence-electron chi connectivity index (χ2n) is 5.96. The third kappa shape index (κ3) is 3.17. The van der Waals surface area contributed by atoms with E-state index in [2.05, 4.69) is 21.2 Å². The SMILES string of the molecule is CC(=O)Nc1ccc(C(=O)C(C)N2C(=O)C(=O)c3cc(Br)ccc32)cc1. The Kier molecular flexibility index (Phi) is 4.73. The summed E-state index contributed by atoms with van der Waals surface area (Å²) in [6.07, 6.45) is 0. The number of nitrogens with zero attached hydrogens (tertiary/aromatic N) is 1. The molecular formula is C19H15BrN2O4. The number of anilines is 2. The van der Waals surface area contributed by atoms with Gasteiger partial charge in [0.15, 0.2) is 5.78 Å². The summed E-state index contributed by atoms with van der Waals surface area (Å²) in [5, 5.41) is 2.62. The van der Waals surface area contributed by atoms with Gasteiger partial charge in [0.05, 0.1) is 17.3 Å². The molecule has 1 aliphatic rings. The number of hydrogen-bond acceptors (Lipinski definition) is 4. The van der Waals surface area contributed by atoms with Gasteiger partial charge in [-0.25, -0.2) is 0 Å². The number of ketones is 2. The average Bonchev–Trinajstić information content (AvgIpc) is 2.85. The third-order valence-electron chi connectivity index (χ3n) is 4.13. The molecule has 2 amide bonds. The molecule has 7 heteroatoms. The molecule has 0 bridgehead atoms. The Morgan fingerprint density at radius 2 is 1.73 bits per heavy atom. The van der Waals surface area contributed by atoms with Crippen molar-refractivity contribution in [1.82, 2.24) is 0 Å². The topological polar surface area (TPSA) is 83.6 Å². The van der Waals surface area contributed by atoms with Gasteiger partial charge in [-0.15, -0.1) is 0 Å². The fourth-order valence-corrected chi connectivity index (χ4v) is 3.26. The molecule has 2 aromatic rings. The van der Waals surface area contributed by atoms with Crippen LogP contribution in [0.3, 0.4) is 0 Å². The predicted octanol–water partition coefficient (Wildman–Crippen LogP) is 3.21. The van der Waals surface area contributed by atoms with Crippen LogP contribution in [-0.4, -0.2) is 29.4 Å². The fourth-order valence-electron chi connectivity index (χ4n) is 2.90. The highest BCUT2D eigenvalue weighted by molar-refractivity contribution is 9.10. The third-order valence-corrected chi connectivity index (χ3v) is 4.63. The quantitative estimate of drug-likeness (QED) is 0.614. The Bertz CT molecular complexity index is 937. The molecule has 0 aliphatic carbocycles. The molecule has 0 fully saturated rings.